The fraction of sp³-hybridized carbons (Fsp3) is 0.429. The number of carboxylic acid groups (broad SMARTS) is 1. The summed E-state index contributed by atoms with van der Waals surface area (Å²) >= 11 is 0. The lowest BCUT2D eigenvalue weighted by Crippen LogP contribution is -2.05. The van der Waals surface area contributed by atoms with Crippen molar-refractivity contribution in [1.29, 1.82) is 15.8 Å². The highest BCUT2D eigenvalue weighted by Crippen LogP contribution is 1.87. The van der Waals surface area contributed by atoms with Crippen molar-refractivity contribution in [2.24, 2.45) is 5.92 Å². The first-order valence-corrected chi connectivity index (χ1v) is 2.96. The van der Waals surface area contributed by atoms with Crippen LogP contribution >= 0.6 is 0 Å². The first kappa shape index (κ1) is 12.6. The lowest BCUT2D eigenvalue weighted by atomic mass is 10.2. The summed E-state index contributed by atoms with van der Waals surface area (Å²) in [6.45, 7) is 1.34. The van der Waals surface area contributed by atoms with E-state index in [4.69, 9.17) is 20.9 Å². The number of hydrogen-bond acceptors (Lipinski definition) is 4. The Labute approximate surface area is 70.1 Å². The molecule has 12 heavy (non-hydrogen) atoms. The van der Waals surface area contributed by atoms with Crippen LogP contribution in [0.15, 0.2) is 0 Å². The highest BCUT2D eigenvalue weighted by atomic mass is 16.4. The highest BCUT2D eigenvalue weighted by Gasteiger charge is 2.06. The lowest BCUT2D eigenvalue weighted by molar-refractivity contribution is -0.139. The Morgan fingerprint density at radius 1 is 1.42 bits per heavy atom. The fourth-order valence-corrected chi connectivity index (χ4v) is 0.0906. The van der Waals surface area contributed by atoms with E-state index < -0.39 is 11.9 Å². The Morgan fingerprint density at radius 2 is 1.83 bits per heavy atom. The van der Waals surface area contributed by atoms with Gasteiger partial charge in [0.25, 0.3) is 0 Å². The van der Waals surface area contributed by atoms with E-state index in [1.807, 2.05) is 0 Å². The van der Waals surface area contributed by atoms with Gasteiger partial charge in [0.1, 0.15) is 12.3 Å². The van der Waals surface area contributed by atoms with Crippen molar-refractivity contribution >= 4 is 5.97 Å². The number of nitrogens with zero attached hydrogens (tertiary/aromatic N) is 3. The predicted octanol–water partition coefficient (Wildman–Crippen LogP) is 0.654. The number of carboxylic acids is 1. The van der Waals surface area contributed by atoms with Crippen molar-refractivity contribution in [2.45, 2.75) is 13.3 Å². The molecule has 0 amide bonds. The number of aliphatic carboxylic acids is 1. The zero-order chi connectivity index (χ0) is 9.98. The average molecular weight is 165 g/mol. The smallest absolute Gasteiger partial charge is 0.320 e. The summed E-state index contributed by atoms with van der Waals surface area (Å²) < 4.78 is 0. The van der Waals surface area contributed by atoms with Gasteiger partial charge in [0.15, 0.2) is 0 Å². The minimum Gasteiger partial charge on any atom is -0.480 e. The van der Waals surface area contributed by atoms with E-state index >= 15 is 0 Å². The molecular weight excluding hydrogens is 158 g/mol. The lowest BCUT2D eigenvalue weighted by Gasteiger charge is -1.86. The third-order valence-electron chi connectivity index (χ3n) is 0.722. The molecule has 1 N–H and O–H groups in total. The zero-order valence-corrected chi connectivity index (χ0v) is 6.48. The van der Waals surface area contributed by atoms with E-state index in [2.05, 4.69) is 0 Å². The van der Waals surface area contributed by atoms with Crippen molar-refractivity contribution in [2.75, 3.05) is 0 Å². The van der Waals surface area contributed by atoms with Gasteiger partial charge in [0, 0.05) is 0 Å². The van der Waals surface area contributed by atoms with Crippen LogP contribution in [0.3, 0.4) is 0 Å². The molecule has 62 valence electrons. The van der Waals surface area contributed by atoms with Gasteiger partial charge >= 0.3 is 5.97 Å². The summed E-state index contributed by atoms with van der Waals surface area (Å²) in [6, 6.07) is 4.88. The Bertz CT molecular complexity index is 241. The Kier molecular flexibility index (Phi) is 9.39. The molecular formula is C7H7N3O2. The summed E-state index contributed by atoms with van der Waals surface area (Å²) in [5.41, 5.74) is 0. The fourth-order valence-electron chi connectivity index (χ4n) is 0.0906. The molecule has 0 aromatic rings. The molecule has 0 aromatic heterocycles. The maximum atomic E-state index is 9.71. The van der Waals surface area contributed by atoms with Gasteiger partial charge in [-0.15, -0.1) is 0 Å². The van der Waals surface area contributed by atoms with Crippen LogP contribution in [-0.2, 0) is 4.79 Å². The molecule has 0 saturated carbocycles. The monoisotopic (exact) mass is 165 g/mol. The SMILES string of the molecule is CC(C#N)C(=O)O.N#CCC#N. The normalized spacial score (nSPS) is 8.83. The third-order valence-corrected chi connectivity index (χ3v) is 0.722. The summed E-state index contributed by atoms with van der Waals surface area (Å²) in [5.74, 6) is -1.94. The summed E-state index contributed by atoms with van der Waals surface area (Å²) in [7, 11) is 0. The number of carbonyl (C=O) groups is 1. The average Bonchev–Trinajstić information content (AvgIpc) is 2.05. The van der Waals surface area contributed by atoms with Crippen LogP contribution in [-0.4, -0.2) is 11.1 Å². The van der Waals surface area contributed by atoms with Gasteiger partial charge in [0.2, 0.25) is 0 Å². The van der Waals surface area contributed by atoms with Crippen molar-refractivity contribution in [3.05, 3.63) is 0 Å². The molecule has 0 fully saturated rings. The minimum absolute atomic E-state index is 0. The van der Waals surface area contributed by atoms with E-state index in [9.17, 15) is 4.79 Å². The molecule has 5 nitrogen and oxygen atoms in total. The van der Waals surface area contributed by atoms with Crippen molar-refractivity contribution in [3.8, 4) is 18.2 Å². The maximum Gasteiger partial charge on any atom is 0.320 e. The molecule has 1 atom stereocenters. The van der Waals surface area contributed by atoms with Gasteiger partial charge in [-0.1, -0.05) is 0 Å². The first-order valence-electron chi connectivity index (χ1n) is 2.96. The van der Waals surface area contributed by atoms with Crippen LogP contribution in [0.25, 0.3) is 0 Å². The molecule has 5 heteroatoms. The Morgan fingerprint density at radius 3 is 1.83 bits per heavy atom. The van der Waals surface area contributed by atoms with E-state index in [1.54, 1.807) is 18.2 Å². The van der Waals surface area contributed by atoms with E-state index in [1.165, 1.54) is 6.92 Å². The van der Waals surface area contributed by atoms with Crippen LogP contribution in [0.5, 0.6) is 0 Å². The molecule has 0 aliphatic heterocycles. The van der Waals surface area contributed by atoms with E-state index in [-0.39, 0.29) is 6.42 Å². The molecule has 0 spiro atoms. The van der Waals surface area contributed by atoms with Crippen LogP contribution < -0.4 is 0 Å². The molecule has 0 saturated heterocycles. The second-order valence-corrected chi connectivity index (χ2v) is 1.68. The van der Waals surface area contributed by atoms with Crippen LogP contribution in [0, 0.1) is 39.9 Å². The standard InChI is InChI=1S/C4H5NO2.C3H2N2/c1-3(2-5)4(6)7;4-2-1-3-5/h3H,1H3,(H,6,7);1H2. The number of nitriles is 3. The first-order chi connectivity index (χ1) is 5.59. The Hall–Kier alpha value is -2.06. The maximum absolute atomic E-state index is 9.71. The van der Waals surface area contributed by atoms with Crippen LogP contribution in [0.4, 0.5) is 0 Å². The van der Waals surface area contributed by atoms with Crippen molar-refractivity contribution in [1.82, 2.24) is 0 Å². The molecule has 0 heterocycles. The van der Waals surface area contributed by atoms with Crippen molar-refractivity contribution in [3.63, 3.8) is 0 Å². The van der Waals surface area contributed by atoms with Gasteiger partial charge in [-0.2, -0.15) is 15.8 Å². The predicted molar refractivity (Wildman–Crippen MR) is 38.3 cm³/mol. The summed E-state index contributed by atoms with van der Waals surface area (Å²) in [6.07, 6.45) is 0. The largest absolute Gasteiger partial charge is 0.480 e. The molecule has 0 radical (unpaired) electrons. The van der Waals surface area contributed by atoms with Crippen molar-refractivity contribution < 1.29 is 9.90 Å². The number of rotatable bonds is 1. The van der Waals surface area contributed by atoms with Crippen LogP contribution in [0.2, 0.25) is 0 Å². The van der Waals surface area contributed by atoms with E-state index in [0.717, 1.165) is 0 Å². The van der Waals surface area contributed by atoms with Gasteiger partial charge in [-0.3, -0.25) is 4.79 Å². The zero-order valence-electron chi connectivity index (χ0n) is 6.48. The highest BCUT2D eigenvalue weighted by molar-refractivity contribution is 5.72. The minimum atomic E-state index is -1.07. The molecule has 0 aliphatic carbocycles. The molecule has 0 aliphatic rings. The van der Waals surface area contributed by atoms with Gasteiger partial charge in [-0.05, 0) is 6.92 Å². The molecule has 1 unspecified atom stereocenters. The third kappa shape index (κ3) is 10.8. The van der Waals surface area contributed by atoms with Gasteiger partial charge < -0.3 is 5.11 Å². The molecule has 0 aromatic carbocycles. The van der Waals surface area contributed by atoms with E-state index in [0.29, 0.717) is 0 Å². The van der Waals surface area contributed by atoms with Crippen LogP contribution in [0.1, 0.15) is 13.3 Å². The van der Waals surface area contributed by atoms with Gasteiger partial charge in [0.05, 0.1) is 18.2 Å². The molecule has 0 rings (SSSR count). The summed E-state index contributed by atoms with van der Waals surface area (Å²) in [5, 5.41) is 31.0. The second kappa shape index (κ2) is 8.94. The molecule has 0 bridgehead atoms. The Balaban J connectivity index is 0. The van der Waals surface area contributed by atoms with Gasteiger partial charge in [-0.25, -0.2) is 0 Å². The quantitative estimate of drug-likeness (QED) is 0.613. The summed E-state index contributed by atoms with van der Waals surface area (Å²) in [4.78, 5) is 9.71. The second-order valence-electron chi connectivity index (χ2n) is 1.68. The topological polar surface area (TPSA) is 109 Å². The number of hydrogen-bond donors (Lipinski definition) is 1.